The quantitative estimate of drug-likeness (QED) is 0.386. The van der Waals surface area contributed by atoms with Gasteiger partial charge in [-0.15, -0.1) is 10.2 Å². The third-order valence-corrected chi connectivity index (χ3v) is 5.85. The maximum Gasteiger partial charge on any atom is 0.234 e. The second-order valence-corrected chi connectivity index (χ2v) is 8.23. The molecule has 162 valence electrons. The second-order valence-electron chi connectivity index (χ2n) is 7.28. The number of methoxy groups -OCH3 is 1. The molecule has 4 rings (SSSR count). The van der Waals surface area contributed by atoms with Gasteiger partial charge in [-0.1, -0.05) is 66.4 Å². The SMILES string of the molecule is COc1ccccc1-c1nnc(SCC(=O)Nc2cccc(C)c2)n1Cc1ccccc1. The van der Waals surface area contributed by atoms with Crippen molar-refractivity contribution in [3.8, 4) is 17.1 Å². The van der Waals surface area contributed by atoms with Crippen LogP contribution in [0.25, 0.3) is 11.4 Å². The predicted octanol–water partition coefficient (Wildman–Crippen LogP) is 5.04. The molecule has 1 amide bonds. The topological polar surface area (TPSA) is 69.0 Å². The number of para-hydroxylation sites is 1. The Balaban J connectivity index is 1.58. The van der Waals surface area contributed by atoms with Gasteiger partial charge in [-0.25, -0.2) is 0 Å². The van der Waals surface area contributed by atoms with Crippen LogP contribution in [0.5, 0.6) is 5.75 Å². The first-order valence-corrected chi connectivity index (χ1v) is 11.2. The molecule has 0 aliphatic rings. The van der Waals surface area contributed by atoms with Crippen LogP contribution in [-0.4, -0.2) is 33.5 Å². The van der Waals surface area contributed by atoms with Gasteiger partial charge in [0.2, 0.25) is 5.91 Å². The van der Waals surface area contributed by atoms with Crippen LogP contribution in [-0.2, 0) is 11.3 Å². The molecule has 0 atom stereocenters. The Hall–Kier alpha value is -3.58. The molecule has 7 heteroatoms. The van der Waals surface area contributed by atoms with E-state index in [2.05, 4.69) is 27.6 Å². The molecule has 32 heavy (non-hydrogen) atoms. The summed E-state index contributed by atoms with van der Waals surface area (Å²) in [4.78, 5) is 12.5. The zero-order chi connectivity index (χ0) is 22.3. The summed E-state index contributed by atoms with van der Waals surface area (Å²) in [5.41, 5.74) is 3.86. The number of carbonyl (C=O) groups is 1. The Morgan fingerprint density at radius 2 is 1.78 bits per heavy atom. The van der Waals surface area contributed by atoms with Crippen LogP contribution in [0.1, 0.15) is 11.1 Å². The predicted molar refractivity (Wildman–Crippen MR) is 128 cm³/mol. The molecule has 1 N–H and O–H groups in total. The minimum Gasteiger partial charge on any atom is -0.496 e. The number of hydrogen-bond donors (Lipinski definition) is 1. The van der Waals surface area contributed by atoms with Gasteiger partial charge in [0, 0.05) is 5.69 Å². The molecule has 0 spiro atoms. The van der Waals surface area contributed by atoms with Crippen LogP contribution in [0.4, 0.5) is 5.69 Å². The summed E-state index contributed by atoms with van der Waals surface area (Å²) in [7, 11) is 1.64. The molecule has 0 bridgehead atoms. The lowest BCUT2D eigenvalue weighted by Gasteiger charge is -2.12. The standard InChI is InChI=1S/C25H24N4O2S/c1-18-9-8-12-20(15-18)26-23(30)17-32-25-28-27-24(21-13-6-7-14-22(21)31-2)29(25)16-19-10-4-3-5-11-19/h3-15H,16-17H2,1-2H3,(H,26,30). The number of benzene rings is 3. The van der Waals surface area contributed by atoms with Crippen molar-refractivity contribution in [3.63, 3.8) is 0 Å². The van der Waals surface area contributed by atoms with Crippen LogP contribution < -0.4 is 10.1 Å². The molecule has 4 aromatic rings. The van der Waals surface area contributed by atoms with Gasteiger partial charge >= 0.3 is 0 Å². The Kier molecular flexibility index (Phi) is 6.87. The van der Waals surface area contributed by atoms with Crippen molar-refractivity contribution >= 4 is 23.4 Å². The largest absolute Gasteiger partial charge is 0.496 e. The van der Waals surface area contributed by atoms with Gasteiger partial charge in [0.25, 0.3) is 0 Å². The fourth-order valence-corrected chi connectivity index (χ4v) is 4.12. The molecule has 0 saturated carbocycles. The summed E-state index contributed by atoms with van der Waals surface area (Å²) in [5, 5.41) is 12.5. The number of amides is 1. The number of aromatic nitrogens is 3. The van der Waals surface area contributed by atoms with Crippen LogP contribution in [0.2, 0.25) is 0 Å². The zero-order valence-electron chi connectivity index (χ0n) is 18.0. The van der Waals surface area contributed by atoms with Gasteiger partial charge in [-0.3, -0.25) is 9.36 Å². The Labute approximate surface area is 191 Å². The summed E-state index contributed by atoms with van der Waals surface area (Å²) < 4.78 is 7.56. The van der Waals surface area contributed by atoms with Crippen LogP contribution >= 0.6 is 11.8 Å². The number of ether oxygens (including phenoxy) is 1. The number of aryl methyl sites for hydroxylation is 1. The highest BCUT2D eigenvalue weighted by atomic mass is 32.2. The number of hydrogen-bond acceptors (Lipinski definition) is 5. The van der Waals surface area contributed by atoms with Gasteiger partial charge in [-0.2, -0.15) is 0 Å². The summed E-state index contributed by atoms with van der Waals surface area (Å²) in [6.07, 6.45) is 0. The van der Waals surface area contributed by atoms with Crippen molar-refractivity contribution in [2.45, 2.75) is 18.6 Å². The molecule has 0 saturated heterocycles. The van der Waals surface area contributed by atoms with Crippen molar-refractivity contribution in [1.82, 2.24) is 14.8 Å². The Morgan fingerprint density at radius 3 is 2.56 bits per heavy atom. The lowest BCUT2D eigenvalue weighted by molar-refractivity contribution is -0.113. The molecule has 1 aromatic heterocycles. The smallest absolute Gasteiger partial charge is 0.234 e. The minimum absolute atomic E-state index is 0.0892. The monoisotopic (exact) mass is 444 g/mol. The highest BCUT2D eigenvalue weighted by Gasteiger charge is 2.18. The van der Waals surface area contributed by atoms with E-state index in [4.69, 9.17) is 4.74 Å². The van der Waals surface area contributed by atoms with Gasteiger partial charge in [0.05, 0.1) is 25.0 Å². The molecule has 3 aromatic carbocycles. The van der Waals surface area contributed by atoms with Crippen molar-refractivity contribution in [2.24, 2.45) is 0 Å². The molecule has 0 unspecified atom stereocenters. The Bertz CT molecular complexity index is 1210. The lowest BCUT2D eigenvalue weighted by atomic mass is 10.1. The highest BCUT2D eigenvalue weighted by Crippen LogP contribution is 2.31. The molecule has 0 radical (unpaired) electrons. The van der Waals surface area contributed by atoms with Gasteiger partial charge in [-0.05, 0) is 42.3 Å². The fourth-order valence-electron chi connectivity index (χ4n) is 3.38. The van der Waals surface area contributed by atoms with E-state index >= 15 is 0 Å². The third-order valence-electron chi connectivity index (χ3n) is 4.88. The molecule has 1 heterocycles. The van der Waals surface area contributed by atoms with E-state index in [0.717, 1.165) is 28.1 Å². The molecule has 6 nitrogen and oxygen atoms in total. The van der Waals surface area contributed by atoms with Crippen molar-refractivity contribution in [3.05, 3.63) is 90.0 Å². The summed E-state index contributed by atoms with van der Waals surface area (Å²) >= 11 is 1.36. The average molecular weight is 445 g/mol. The first-order chi connectivity index (χ1) is 15.6. The van der Waals surface area contributed by atoms with E-state index in [9.17, 15) is 4.79 Å². The molecule has 0 aliphatic carbocycles. The number of rotatable bonds is 8. The van der Waals surface area contributed by atoms with E-state index < -0.39 is 0 Å². The van der Waals surface area contributed by atoms with Crippen LogP contribution in [0.15, 0.2) is 84.0 Å². The second kappa shape index (κ2) is 10.2. The van der Waals surface area contributed by atoms with Gasteiger partial charge in [0.1, 0.15) is 5.75 Å². The van der Waals surface area contributed by atoms with E-state index in [1.807, 2.05) is 78.2 Å². The fraction of sp³-hybridized carbons (Fsp3) is 0.160. The number of carbonyl (C=O) groups excluding carboxylic acids is 1. The maximum absolute atomic E-state index is 12.5. The molecular weight excluding hydrogens is 420 g/mol. The van der Waals surface area contributed by atoms with Crippen molar-refractivity contribution in [1.29, 1.82) is 0 Å². The minimum atomic E-state index is -0.0892. The summed E-state index contributed by atoms with van der Waals surface area (Å²) in [5.74, 6) is 1.57. The zero-order valence-corrected chi connectivity index (χ0v) is 18.8. The number of thioether (sulfide) groups is 1. The highest BCUT2D eigenvalue weighted by molar-refractivity contribution is 7.99. The first-order valence-electron chi connectivity index (χ1n) is 10.2. The van der Waals surface area contributed by atoms with Crippen molar-refractivity contribution < 1.29 is 9.53 Å². The maximum atomic E-state index is 12.5. The van der Waals surface area contributed by atoms with Gasteiger partial charge < -0.3 is 10.1 Å². The van der Waals surface area contributed by atoms with Gasteiger partial charge in [0.15, 0.2) is 11.0 Å². The van der Waals surface area contributed by atoms with E-state index in [1.54, 1.807) is 7.11 Å². The average Bonchev–Trinajstić information content (AvgIpc) is 3.20. The molecule has 0 fully saturated rings. The molecular formula is C25H24N4O2S. The number of nitrogens with one attached hydrogen (secondary N) is 1. The summed E-state index contributed by atoms with van der Waals surface area (Å²) in [6, 6.07) is 25.6. The third kappa shape index (κ3) is 5.18. The number of nitrogens with zero attached hydrogens (tertiary/aromatic N) is 3. The van der Waals surface area contributed by atoms with Crippen LogP contribution in [0.3, 0.4) is 0 Å². The Morgan fingerprint density at radius 1 is 1.00 bits per heavy atom. The summed E-state index contributed by atoms with van der Waals surface area (Å²) in [6.45, 7) is 2.58. The van der Waals surface area contributed by atoms with Crippen molar-refractivity contribution in [2.75, 3.05) is 18.2 Å². The van der Waals surface area contributed by atoms with E-state index in [0.29, 0.717) is 17.5 Å². The van der Waals surface area contributed by atoms with E-state index in [1.165, 1.54) is 11.8 Å². The lowest BCUT2D eigenvalue weighted by Crippen LogP contribution is -2.15. The molecule has 0 aliphatic heterocycles. The van der Waals surface area contributed by atoms with E-state index in [-0.39, 0.29) is 11.7 Å². The first kappa shape index (κ1) is 21.6. The normalized spacial score (nSPS) is 10.7. The number of anilines is 1. The van der Waals surface area contributed by atoms with Crippen LogP contribution in [0, 0.1) is 6.92 Å².